The van der Waals surface area contributed by atoms with E-state index < -0.39 is 13.8 Å². The Balaban J connectivity index is 4.38. The molecule has 0 aliphatic carbocycles. The van der Waals surface area contributed by atoms with Crippen molar-refractivity contribution in [2.24, 2.45) is 0 Å². The van der Waals surface area contributed by atoms with Gasteiger partial charge in [0.15, 0.2) is 0 Å². The van der Waals surface area contributed by atoms with Crippen LogP contribution in [0.1, 0.15) is 79.1 Å². The smallest absolute Gasteiger partial charge is 0.333 e. The standard InChI is InChI=1S/C22H44NO6P/c1-6-9-14-23(15-10-7-2,16-11-8-3)17-12-19-28-30(25,26)29-20-13-18-27-22(24)21(4)5/h4,6-20H2,1-3,5H3. The van der Waals surface area contributed by atoms with Gasteiger partial charge in [-0.1, -0.05) is 46.6 Å². The number of unbranched alkanes of at least 4 members (excludes halogenated alkanes) is 3. The number of rotatable bonds is 20. The van der Waals surface area contributed by atoms with Gasteiger partial charge in [0.2, 0.25) is 0 Å². The molecule has 1 unspecified atom stereocenters. The van der Waals surface area contributed by atoms with Gasteiger partial charge in [0, 0.05) is 18.4 Å². The van der Waals surface area contributed by atoms with Crippen molar-refractivity contribution in [1.29, 1.82) is 0 Å². The van der Waals surface area contributed by atoms with Crippen LogP contribution in [0.15, 0.2) is 12.2 Å². The molecule has 0 heterocycles. The molecule has 0 aromatic carbocycles. The molecular formula is C22H44NO6P. The van der Waals surface area contributed by atoms with Crippen LogP contribution in [0.2, 0.25) is 0 Å². The molecule has 178 valence electrons. The molecule has 0 saturated heterocycles. The van der Waals surface area contributed by atoms with E-state index in [0.29, 0.717) is 12.0 Å². The Kier molecular flexibility index (Phi) is 16.5. The van der Waals surface area contributed by atoms with E-state index in [9.17, 15) is 14.3 Å². The molecule has 1 atom stereocenters. The molecule has 8 heteroatoms. The lowest BCUT2D eigenvalue weighted by Gasteiger charge is -2.39. The third kappa shape index (κ3) is 14.3. The zero-order chi connectivity index (χ0) is 22.9. The van der Waals surface area contributed by atoms with E-state index in [1.807, 2.05) is 0 Å². The quantitative estimate of drug-likeness (QED) is 0.0887. The number of hydrogen-bond acceptors (Lipinski definition) is 6. The minimum absolute atomic E-state index is 0.0756. The number of phosphoric ester groups is 1. The van der Waals surface area contributed by atoms with Crippen molar-refractivity contribution in [3.63, 3.8) is 0 Å². The summed E-state index contributed by atoms with van der Waals surface area (Å²) in [5.74, 6) is -0.493. The number of hydrogen-bond donors (Lipinski definition) is 0. The fourth-order valence-electron chi connectivity index (χ4n) is 3.29. The van der Waals surface area contributed by atoms with Gasteiger partial charge in [0.25, 0.3) is 7.82 Å². The third-order valence-corrected chi connectivity index (χ3v) is 6.10. The predicted molar refractivity (Wildman–Crippen MR) is 119 cm³/mol. The number of ether oxygens (including phenoxy) is 1. The van der Waals surface area contributed by atoms with Crippen molar-refractivity contribution in [3.8, 4) is 0 Å². The van der Waals surface area contributed by atoms with Crippen molar-refractivity contribution in [2.75, 3.05) is 46.0 Å². The van der Waals surface area contributed by atoms with Crippen LogP contribution in [0.25, 0.3) is 0 Å². The molecule has 0 fully saturated rings. The van der Waals surface area contributed by atoms with Crippen LogP contribution >= 0.6 is 7.82 Å². The van der Waals surface area contributed by atoms with E-state index in [0.717, 1.165) is 30.7 Å². The summed E-state index contributed by atoms with van der Waals surface area (Å²) in [7, 11) is -4.34. The highest BCUT2D eigenvalue weighted by Crippen LogP contribution is 2.38. The van der Waals surface area contributed by atoms with Gasteiger partial charge in [0.05, 0.1) is 46.0 Å². The molecule has 0 aliphatic rings. The van der Waals surface area contributed by atoms with Crippen LogP contribution in [0, 0.1) is 0 Å². The van der Waals surface area contributed by atoms with Crippen molar-refractivity contribution in [2.45, 2.75) is 79.1 Å². The van der Waals surface area contributed by atoms with Crippen LogP contribution in [0.4, 0.5) is 0 Å². The zero-order valence-electron chi connectivity index (χ0n) is 19.7. The first kappa shape index (κ1) is 29.3. The average molecular weight is 450 g/mol. The van der Waals surface area contributed by atoms with Gasteiger partial charge in [0.1, 0.15) is 0 Å². The molecular weight excluding hydrogens is 405 g/mol. The lowest BCUT2D eigenvalue weighted by atomic mass is 10.1. The lowest BCUT2D eigenvalue weighted by Crippen LogP contribution is -2.51. The van der Waals surface area contributed by atoms with Gasteiger partial charge in [-0.15, -0.1) is 0 Å². The molecule has 0 bridgehead atoms. The van der Waals surface area contributed by atoms with Crippen LogP contribution in [0.5, 0.6) is 0 Å². The third-order valence-electron chi connectivity index (χ3n) is 5.10. The molecule has 30 heavy (non-hydrogen) atoms. The average Bonchev–Trinajstić information content (AvgIpc) is 2.71. The lowest BCUT2D eigenvalue weighted by molar-refractivity contribution is -0.929. The SMILES string of the molecule is C=C(C)C(=O)OCCCOP(=O)([O-])OCCC[N+](CCCC)(CCCC)CCCC. The maximum absolute atomic E-state index is 11.9. The number of carbonyl (C=O) groups excluding carboxylic acids is 1. The fourth-order valence-corrected chi connectivity index (χ4v) is 4.07. The summed E-state index contributed by atoms with van der Waals surface area (Å²) in [6.45, 7) is 16.2. The van der Waals surface area contributed by atoms with Crippen LogP contribution in [-0.2, 0) is 23.1 Å². The molecule has 0 saturated carbocycles. The fraction of sp³-hybridized carbons (Fsp3) is 0.864. The Labute approximate surface area is 184 Å². The van der Waals surface area contributed by atoms with Crippen molar-refractivity contribution >= 4 is 13.8 Å². The molecule has 0 aromatic heterocycles. The summed E-state index contributed by atoms with van der Waals surface area (Å²) in [5, 5.41) is 0. The van der Waals surface area contributed by atoms with Gasteiger partial charge in [-0.3, -0.25) is 4.57 Å². The van der Waals surface area contributed by atoms with E-state index in [1.165, 1.54) is 38.5 Å². The minimum atomic E-state index is -4.34. The number of phosphoric acid groups is 1. The second-order valence-corrected chi connectivity index (χ2v) is 9.44. The van der Waals surface area contributed by atoms with Crippen molar-refractivity contribution in [3.05, 3.63) is 12.2 Å². The summed E-state index contributed by atoms with van der Waals surface area (Å²) in [5.41, 5.74) is 0.306. The number of quaternary nitrogens is 1. The van der Waals surface area contributed by atoms with Crippen molar-refractivity contribution < 1.29 is 32.5 Å². The van der Waals surface area contributed by atoms with Crippen molar-refractivity contribution in [1.82, 2.24) is 0 Å². The first-order valence-corrected chi connectivity index (χ1v) is 13.0. The topological polar surface area (TPSA) is 84.9 Å². The first-order chi connectivity index (χ1) is 14.2. The highest BCUT2D eigenvalue weighted by atomic mass is 31.2. The van der Waals surface area contributed by atoms with E-state index >= 15 is 0 Å². The Bertz CT molecular complexity index is 504. The number of carbonyl (C=O) groups is 1. The second kappa shape index (κ2) is 16.9. The summed E-state index contributed by atoms with van der Waals surface area (Å²) in [4.78, 5) is 23.2. The Morgan fingerprint density at radius 2 is 1.27 bits per heavy atom. The molecule has 0 aliphatic heterocycles. The zero-order valence-corrected chi connectivity index (χ0v) is 20.6. The first-order valence-electron chi connectivity index (χ1n) is 11.5. The highest BCUT2D eigenvalue weighted by Gasteiger charge is 2.25. The highest BCUT2D eigenvalue weighted by molar-refractivity contribution is 7.45. The molecule has 0 aromatic rings. The maximum atomic E-state index is 11.9. The van der Waals surface area contributed by atoms with Crippen LogP contribution < -0.4 is 4.89 Å². The molecule has 7 nitrogen and oxygen atoms in total. The van der Waals surface area contributed by atoms with E-state index in [-0.39, 0.29) is 26.2 Å². The molecule has 0 spiro atoms. The maximum Gasteiger partial charge on any atom is 0.333 e. The number of nitrogens with zero attached hydrogens (tertiary/aromatic N) is 1. The Hall–Kier alpha value is -0.720. The van der Waals surface area contributed by atoms with Gasteiger partial charge < -0.3 is 23.2 Å². The van der Waals surface area contributed by atoms with Crippen LogP contribution in [0.3, 0.4) is 0 Å². The van der Waals surface area contributed by atoms with E-state index in [4.69, 9.17) is 13.8 Å². The van der Waals surface area contributed by atoms with Gasteiger partial charge in [-0.05, 0) is 26.2 Å². The summed E-state index contributed by atoms with van der Waals surface area (Å²) >= 11 is 0. The Morgan fingerprint density at radius 3 is 1.70 bits per heavy atom. The van der Waals surface area contributed by atoms with Gasteiger partial charge >= 0.3 is 5.97 Å². The van der Waals surface area contributed by atoms with E-state index in [1.54, 1.807) is 6.92 Å². The Morgan fingerprint density at radius 1 is 0.833 bits per heavy atom. The second-order valence-electron chi connectivity index (χ2n) is 8.03. The summed E-state index contributed by atoms with van der Waals surface area (Å²) < 4.78 is 27.8. The van der Waals surface area contributed by atoms with E-state index in [2.05, 4.69) is 27.4 Å². The summed E-state index contributed by atoms with van der Waals surface area (Å²) in [6.07, 6.45) is 8.02. The normalized spacial score (nSPS) is 13.8. The monoisotopic (exact) mass is 449 g/mol. The van der Waals surface area contributed by atoms with Gasteiger partial charge in [-0.25, -0.2) is 4.79 Å². The molecule has 0 rings (SSSR count). The molecule has 0 N–H and O–H groups in total. The molecule has 0 radical (unpaired) electrons. The van der Waals surface area contributed by atoms with Gasteiger partial charge in [-0.2, -0.15) is 0 Å². The number of esters is 1. The largest absolute Gasteiger partial charge is 0.756 e. The minimum Gasteiger partial charge on any atom is -0.756 e. The van der Waals surface area contributed by atoms with Crippen LogP contribution in [-0.4, -0.2) is 56.5 Å². The molecule has 0 amide bonds. The predicted octanol–water partition coefficient (Wildman–Crippen LogP) is 4.60. The summed E-state index contributed by atoms with van der Waals surface area (Å²) in [6, 6.07) is 0.